The third-order valence-corrected chi connectivity index (χ3v) is 4.18. The molecule has 0 radical (unpaired) electrons. The maximum absolute atomic E-state index is 13.9. The zero-order chi connectivity index (χ0) is 14.2. The fourth-order valence-corrected chi connectivity index (χ4v) is 2.21. The van der Waals surface area contributed by atoms with Crippen molar-refractivity contribution < 1.29 is 13.9 Å². The van der Waals surface area contributed by atoms with Gasteiger partial charge in [0, 0.05) is 10.0 Å². The maximum Gasteiger partial charge on any atom is 0.149 e. The molecule has 100 valence electrons. The van der Waals surface area contributed by atoms with Gasteiger partial charge >= 0.3 is 0 Å². The van der Waals surface area contributed by atoms with Crippen LogP contribution in [-0.2, 0) is 0 Å². The lowest BCUT2D eigenvalue weighted by molar-refractivity contribution is 0.214. The Hall–Kier alpha value is -0.680. The predicted molar refractivity (Wildman–Crippen MR) is 74.6 cm³/mol. The molecule has 1 unspecified atom stereocenters. The van der Waals surface area contributed by atoms with Crippen LogP contribution in [0.5, 0.6) is 0 Å². The molecule has 1 atom stereocenters. The fraction of sp³-hybridized carbons (Fsp3) is 0.0769. The molecule has 0 heterocycles. The quantitative estimate of drug-likeness (QED) is 0.730. The summed E-state index contributed by atoms with van der Waals surface area (Å²) in [7, 11) is 0. The minimum atomic E-state index is -1.32. The van der Waals surface area contributed by atoms with Crippen molar-refractivity contribution in [3.8, 4) is 0 Å². The van der Waals surface area contributed by atoms with Crippen LogP contribution in [0.15, 0.2) is 34.8 Å². The smallest absolute Gasteiger partial charge is 0.149 e. The third-order valence-electron chi connectivity index (χ3n) is 2.62. The minimum Gasteiger partial charge on any atom is -0.384 e. The zero-order valence-electron chi connectivity index (χ0n) is 9.30. The molecule has 0 aliphatic rings. The van der Waals surface area contributed by atoms with E-state index in [0.717, 1.165) is 6.07 Å². The molecule has 2 rings (SSSR count). The van der Waals surface area contributed by atoms with Gasteiger partial charge in [0.25, 0.3) is 0 Å². The second kappa shape index (κ2) is 5.75. The van der Waals surface area contributed by atoms with E-state index in [9.17, 15) is 13.9 Å². The minimum absolute atomic E-state index is 0.0325. The first-order valence-electron chi connectivity index (χ1n) is 5.18. The first kappa shape index (κ1) is 14.7. The third kappa shape index (κ3) is 2.92. The first-order valence-corrected chi connectivity index (χ1v) is 6.73. The van der Waals surface area contributed by atoms with Crippen LogP contribution in [-0.4, -0.2) is 5.11 Å². The Labute approximate surface area is 126 Å². The van der Waals surface area contributed by atoms with Crippen molar-refractivity contribution in [1.82, 2.24) is 0 Å². The van der Waals surface area contributed by atoms with E-state index in [1.54, 1.807) is 0 Å². The molecule has 0 amide bonds. The lowest BCUT2D eigenvalue weighted by atomic mass is 10.0. The van der Waals surface area contributed by atoms with Gasteiger partial charge in [0.1, 0.15) is 17.7 Å². The van der Waals surface area contributed by atoms with Crippen molar-refractivity contribution in [2.24, 2.45) is 0 Å². The van der Waals surface area contributed by atoms with Gasteiger partial charge in [0.15, 0.2) is 0 Å². The van der Waals surface area contributed by atoms with Crippen LogP contribution < -0.4 is 0 Å². The van der Waals surface area contributed by atoms with E-state index in [0.29, 0.717) is 4.47 Å². The molecular weight excluding hydrogens is 361 g/mol. The van der Waals surface area contributed by atoms with Gasteiger partial charge in [-0.25, -0.2) is 8.78 Å². The highest BCUT2D eigenvalue weighted by Crippen LogP contribution is 2.33. The number of rotatable bonds is 2. The number of aliphatic hydroxyl groups excluding tert-OH is 1. The summed E-state index contributed by atoms with van der Waals surface area (Å²) in [5, 5.41) is 9.88. The van der Waals surface area contributed by atoms with E-state index >= 15 is 0 Å². The highest BCUT2D eigenvalue weighted by molar-refractivity contribution is 9.10. The molecule has 2 aromatic carbocycles. The first-order chi connectivity index (χ1) is 8.91. The summed E-state index contributed by atoms with van der Waals surface area (Å²) in [6.07, 6.45) is -1.32. The van der Waals surface area contributed by atoms with Crippen molar-refractivity contribution in [3.05, 3.63) is 67.6 Å². The van der Waals surface area contributed by atoms with Crippen LogP contribution in [0.2, 0.25) is 10.0 Å². The van der Waals surface area contributed by atoms with Crippen molar-refractivity contribution >= 4 is 39.1 Å². The Bertz CT molecular complexity index is 634. The van der Waals surface area contributed by atoms with E-state index in [1.165, 1.54) is 24.3 Å². The SMILES string of the molecule is OC(c1ccc(Cl)c(F)c1)c1ccc(Br)c(Cl)c1F. The highest BCUT2D eigenvalue weighted by Gasteiger charge is 2.19. The topological polar surface area (TPSA) is 20.2 Å². The Morgan fingerprint density at radius 3 is 2.42 bits per heavy atom. The van der Waals surface area contributed by atoms with Crippen molar-refractivity contribution in [1.29, 1.82) is 0 Å². The number of halogens is 5. The van der Waals surface area contributed by atoms with Gasteiger partial charge in [0.05, 0.1) is 10.0 Å². The summed E-state index contributed by atoms with van der Waals surface area (Å²) >= 11 is 14.4. The molecule has 0 saturated heterocycles. The molecule has 0 spiro atoms. The second-order valence-electron chi connectivity index (χ2n) is 3.84. The number of benzene rings is 2. The number of hydrogen-bond acceptors (Lipinski definition) is 1. The van der Waals surface area contributed by atoms with Crippen molar-refractivity contribution in [3.63, 3.8) is 0 Å². The van der Waals surface area contributed by atoms with E-state index in [2.05, 4.69) is 15.9 Å². The molecule has 6 heteroatoms. The number of aliphatic hydroxyl groups is 1. The Kier molecular flexibility index (Phi) is 4.46. The van der Waals surface area contributed by atoms with Crippen LogP contribution >= 0.6 is 39.1 Å². The van der Waals surface area contributed by atoms with Gasteiger partial charge in [-0.1, -0.05) is 35.3 Å². The van der Waals surface area contributed by atoms with Crippen LogP contribution in [0.25, 0.3) is 0 Å². The van der Waals surface area contributed by atoms with Gasteiger partial charge < -0.3 is 5.11 Å². The van der Waals surface area contributed by atoms with Crippen LogP contribution in [0.1, 0.15) is 17.2 Å². The Morgan fingerprint density at radius 2 is 1.79 bits per heavy atom. The van der Waals surface area contributed by atoms with Gasteiger partial charge in [-0.3, -0.25) is 0 Å². The maximum atomic E-state index is 13.9. The summed E-state index contributed by atoms with van der Waals surface area (Å²) in [5.41, 5.74) is 0.161. The van der Waals surface area contributed by atoms with Gasteiger partial charge in [0.2, 0.25) is 0 Å². The average Bonchev–Trinajstić information content (AvgIpc) is 2.39. The molecule has 0 aliphatic heterocycles. The normalized spacial score (nSPS) is 12.5. The Balaban J connectivity index is 2.47. The van der Waals surface area contributed by atoms with Gasteiger partial charge in [-0.15, -0.1) is 0 Å². The molecule has 19 heavy (non-hydrogen) atoms. The average molecular weight is 368 g/mol. The van der Waals surface area contributed by atoms with Crippen LogP contribution in [0.4, 0.5) is 8.78 Å². The molecule has 0 bridgehead atoms. The Morgan fingerprint density at radius 1 is 1.11 bits per heavy atom. The molecule has 2 aromatic rings. The summed E-state index contributed by atoms with van der Waals surface area (Å²) in [4.78, 5) is 0. The lowest BCUT2D eigenvalue weighted by Gasteiger charge is -2.14. The molecular formula is C13H7BrCl2F2O. The number of hydrogen-bond donors (Lipinski definition) is 1. The van der Waals surface area contributed by atoms with Crippen molar-refractivity contribution in [2.45, 2.75) is 6.10 Å². The highest BCUT2D eigenvalue weighted by atomic mass is 79.9. The molecule has 1 nitrogen and oxygen atoms in total. The van der Waals surface area contributed by atoms with E-state index in [4.69, 9.17) is 23.2 Å². The lowest BCUT2D eigenvalue weighted by Crippen LogP contribution is -2.04. The zero-order valence-corrected chi connectivity index (χ0v) is 12.4. The van der Waals surface area contributed by atoms with E-state index in [1.807, 2.05) is 0 Å². The molecule has 1 N–H and O–H groups in total. The summed E-state index contributed by atoms with van der Waals surface area (Å²) in [5.74, 6) is -1.43. The van der Waals surface area contributed by atoms with Gasteiger partial charge in [-0.05, 0) is 39.7 Å². The second-order valence-corrected chi connectivity index (χ2v) is 5.48. The van der Waals surface area contributed by atoms with Crippen molar-refractivity contribution in [2.75, 3.05) is 0 Å². The molecule has 0 saturated carbocycles. The molecule has 0 fully saturated rings. The largest absolute Gasteiger partial charge is 0.384 e. The summed E-state index contributed by atoms with van der Waals surface area (Å²) in [6, 6.07) is 6.67. The van der Waals surface area contributed by atoms with Crippen LogP contribution in [0, 0.1) is 11.6 Å². The monoisotopic (exact) mass is 366 g/mol. The van der Waals surface area contributed by atoms with Crippen LogP contribution in [0.3, 0.4) is 0 Å². The van der Waals surface area contributed by atoms with E-state index in [-0.39, 0.29) is 21.2 Å². The summed E-state index contributed by atoms with van der Waals surface area (Å²) < 4.78 is 27.6. The molecule has 0 aliphatic carbocycles. The standard InChI is InChI=1S/C13H7BrCl2F2O/c14-8-3-2-7(12(18)11(8)16)13(19)6-1-4-9(15)10(17)5-6/h1-5,13,19H. The molecule has 0 aromatic heterocycles. The van der Waals surface area contributed by atoms with E-state index < -0.39 is 17.7 Å². The fourth-order valence-electron chi connectivity index (χ4n) is 1.61. The summed E-state index contributed by atoms with van der Waals surface area (Å²) in [6.45, 7) is 0. The predicted octanol–water partition coefficient (Wildman–Crippen LogP) is 5.12. The van der Waals surface area contributed by atoms with Gasteiger partial charge in [-0.2, -0.15) is 0 Å².